The number of aromatic nitrogens is 3. The molecule has 1 aliphatic rings. The number of ether oxygens (including phenoxy) is 2. The molecule has 4 N–H and O–H groups in total. The van der Waals surface area contributed by atoms with Crippen LogP contribution < -0.4 is 20.5 Å². The van der Waals surface area contributed by atoms with Crippen LogP contribution in [0.15, 0.2) is 48.7 Å². The molecule has 4 aromatic rings. The summed E-state index contributed by atoms with van der Waals surface area (Å²) in [5.74, 6) is -2.20. The van der Waals surface area contributed by atoms with Crippen LogP contribution in [0.4, 0.5) is 17.6 Å². The van der Waals surface area contributed by atoms with Crippen molar-refractivity contribution in [2.45, 2.75) is 50.4 Å². The Balaban J connectivity index is 1.53. The molecule has 0 spiro atoms. The topological polar surface area (TPSA) is 142 Å². The lowest BCUT2D eigenvalue weighted by molar-refractivity contribution is -0.265. The Morgan fingerprint density at radius 3 is 2.44 bits per heavy atom. The Morgan fingerprint density at radius 2 is 1.87 bits per heavy atom. The van der Waals surface area contributed by atoms with E-state index in [1.807, 2.05) is 0 Å². The molecule has 2 amide bonds. The summed E-state index contributed by atoms with van der Waals surface area (Å²) in [5.41, 5.74) is 1.10. The van der Waals surface area contributed by atoms with E-state index in [9.17, 15) is 32.3 Å². The molecule has 0 unspecified atom stereocenters. The van der Waals surface area contributed by atoms with Gasteiger partial charge in [-0.3, -0.25) is 14.3 Å². The molecule has 10 nitrogen and oxygen atoms in total. The molecule has 1 atom stereocenters. The van der Waals surface area contributed by atoms with Gasteiger partial charge < -0.3 is 25.6 Å². The highest BCUT2D eigenvalue weighted by molar-refractivity contribution is 6.00. The number of nitrogens with zero attached hydrogens (tertiary/aromatic N) is 3. The number of halogens is 4. The summed E-state index contributed by atoms with van der Waals surface area (Å²) in [5, 5.41) is 18.5. The van der Waals surface area contributed by atoms with Gasteiger partial charge in [-0.15, -0.1) is 0 Å². The average Bonchev–Trinajstić information content (AvgIpc) is 3.38. The maximum Gasteiger partial charge on any atom is 0.424 e. The van der Waals surface area contributed by atoms with Crippen LogP contribution in [-0.2, 0) is 16.8 Å². The Morgan fingerprint density at radius 1 is 1.16 bits per heavy atom. The van der Waals surface area contributed by atoms with E-state index in [-0.39, 0.29) is 46.5 Å². The van der Waals surface area contributed by atoms with Crippen molar-refractivity contribution in [2.24, 2.45) is 5.73 Å². The number of carbonyl (C=O) groups excluding carboxylic acids is 2. The molecule has 1 aliphatic carbocycles. The minimum atomic E-state index is -5.35. The second-order valence-electron chi connectivity index (χ2n) is 10.8. The highest BCUT2D eigenvalue weighted by atomic mass is 19.4. The van der Waals surface area contributed by atoms with Crippen molar-refractivity contribution in [1.82, 2.24) is 20.1 Å². The number of benzene rings is 2. The quantitative estimate of drug-likeness (QED) is 0.206. The fraction of sp³-hybridized carbons (Fsp3) is 0.355. The monoisotopic (exact) mass is 629 g/mol. The van der Waals surface area contributed by atoms with Gasteiger partial charge in [-0.2, -0.15) is 18.3 Å². The number of primary amides is 1. The smallest absolute Gasteiger partial charge is 0.424 e. The van der Waals surface area contributed by atoms with Gasteiger partial charge >= 0.3 is 6.18 Å². The zero-order valence-corrected chi connectivity index (χ0v) is 24.4. The SMILES string of the molecule is CCOc1c(CC(N)=O)cc([C@@](O)(CNC(=O)c2cc(OC)c3nn(C4CCC4)cc3c2)C(F)(F)F)nc1-c1ccc(F)cc1. The number of alkyl halides is 3. The molecule has 2 aromatic carbocycles. The average molecular weight is 630 g/mol. The number of pyridine rings is 1. The van der Waals surface area contributed by atoms with E-state index in [1.54, 1.807) is 17.8 Å². The summed E-state index contributed by atoms with van der Waals surface area (Å²) >= 11 is 0. The molecule has 45 heavy (non-hydrogen) atoms. The van der Waals surface area contributed by atoms with Crippen LogP contribution in [0.3, 0.4) is 0 Å². The number of hydrogen-bond donors (Lipinski definition) is 3. The Hall–Kier alpha value is -4.72. The van der Waals surface area contributed by atoms with Crippen LogP contribution in [-0.4, -0.2) is 58.1 Å². The molecule has 0 bridgehead atoms. The Kier molecular flexibility index (Phi) is 8.70. The van der Waals surface area contributed by atoms with Crippen LogP contribution in [0, 0.1) is 5.82 Å². The summed E-state index contributed by atoms with van der Waals surface area (Å²) in [6.07, 6.45) is -1.14. The van der Waals surface area contributed by atoms with Crippen molar-refractivity contribution in [3.63, 3.8) is 0 Å². The fourth-order valence-corrected chi connectivity index (χ4v) is 5.12. The van der Waals surface area contributed by atoms with Crippen LogP contribution in [0.1, 0.15) is 53.8 Å². The molecule has 0 radical (unpaired) electrons. The molecular formula is C31H31F4N5O5. The van der Waals surface area contributed by atoms with E-state index in [0.717, 1.165) is 37.5 Å². The molecule has 1 fully saturated rings. The zero-order chi connectivity index (χ0) is 32.5. The normalized spacial score (nSPS) is 14.9. The van der Waals surface area contributed by atoms with Gasteiger partial charge in [-0.1, -0.05) is 0 Å². The predicted octanol–water partition coefficient (Wildman–Crippen LogP) is 4.58. The maximum absolute atomic E-state index is 14.7. The van der Waals surface area contributed by atoms with Gasteiger partial charge in [0.1, 0.15) is 28.5 Å². The molecule has 1 saturated carbocycles. The third-order valence-electron chi connectivity index (χ3n) is 7.74. The summed E-state index contributed by atoms with van der Waals surface area (Å²) in [6.45, 7) is 0.327. The second kappa shape index (κ2) is 12.3. The predicted molar refractivity (Wildman–Crippen MR) is 155 cm³/mol. The molecule has 14 heteroatoms. The van der Waals surface area contributed by atoms with Gasteiger partial charge in [0.15, 0.2) is 0 Å². The molecule has 2 heterocycles. The van der Waals surface area contributed by atoms with Gasteiger partial charge in [0, 0.05) is 28.3 Å². The first-order valence-corrected chi connectivity index (χ1v) is 14.2. The lowest BCUT2D eigenvalue weighted by Gasteiger charge is -2.31. The van der Waals surface area contributed by atoms with Gasteiger partial charge in [0.25, 0.3) is 5.91 Å². The van der Waals surface area contributed by atoms with E-state index >= 15 is 0 Å². The highest BCUT2D eigenvalue weighted by Crippen LogP contribution is 2.42. The van der Waals surface area contributed by atoms with Crippen molar-refractivity contribution < 1.29 is 41.7 Å². The van der Waals surface area contributed by atoms with Crippen LogP contribution in [0.2, 0.25) is 0 Å². The molecular weight excluding hydrogens is 598 g/mol. The molecule has 2 aromatic heterocycles. The summed E-state index contributed by atoms with van der Waals surface area (Å²) in [4.78, 5) is 29.2. The Bertz CT molecular complexity index is 1740. The van der Waals surface area contributed by atoms with Gasteiger partial charge in [-0.05, 0) is 68.7 Å². The van der Waals surface area contributed by atoms with E-state index in [0.29, 0.717) is 10.9 Å². The number of amides is 2. The van der Waals surface area contributed by atoms with Crippen LogP contribution in [0.25, 0.3) is 22.2 Å². The minimum Gasteiger partial charge on any atom is -0.494 e. The number of aliphatic hydroxyl groups is 1. The fourth-order valence-electron chi connectivity index (χ4n) is 5.12. The summed E-state index contributed by atoms with van der Waals surface area (Å²) in [7, 11) is 1.39. The summed E-state index contributed by atoms with van der Waals surface area (Å²) < 4.78 is 70.5. The maximum atomic E-state index is 14.7. The van der Waals surface area contributed by atoms with Crippen molar-refractivity contribution in [2.75, 3.05) is 20.3 Å². The lowest BCUT2D eigenvalue weighted by Crippen LogP contribution is -2.51. The van der Waals surface area contributed by atoms with Crippen molar-refractivity contribution in [3.8, 4) is 22.8 Å². The number of nitrogens with one attached hydrogen (secondary N) is 1. The number of rotatable bonds is 11. The van der Waals surface area contributed by atoms with E-state index in [2.05, 4.69) is 15.4 Å². The number of nitrogens with two attached hydrogens (primary N) is 1. The van der Waals surface area contributed by atoms with Gasteiger partial charge in [0.2, 0.25) is 11.5 Å². The minimum absolute atomic E-state index is 0.0156. The number of methoxy groups -OCH3 is 1. The zero-order valence-electron chi connectivity index (χ0n) is 24.4. The highest BCUT2D eigenvalue weighted by Gasteiger charge is 2.56. The van der Waals surface area contributed by atoms with Gasteiger partial charge in [0.05, 0.1) is 38.4 Å². The lowest BCUT2D eigenvalue weighted by atomic mass is 9.93. The van der Waals surface area contributed by atoms with Crippen molar-refractivity contribution in [3.05, 3.63) is 71.3 Å². The number of fused-ring (bicyclic) bond motifs is 1. The van der Waals surface area contributed by atoms with Crippen LogP contribution in [0.5, 0.6) is 11.5 Å². The van der Waals surface area contributed by atoms with E-state index < -0.39 is 48.1 Å². The first kappa shape index (κ1) is 31.7. The van der Waals surface area contributed by atoms with Crippen LogP contribution >= 0.6 is 0 Å². The number of hydrogen-bond acceptors (Lipinski definition) is 7. The summed E-state index contributed by atoms with van der Waals surface area (Å²) in [6, 6.07) is 8.61. The molecule has 0 saturated heterocycles. The largest absolute Gasteiger partial charge is 0.494 e. The molecule has 238 valence electrons. The van der Waals surface area contributed by atoms with Gasteiger partial charge in [-0.25, -0.2) is 9.37 Å². The first-order valence-electron chi connectivity index (χ1n) is 14.2. The number of carbonyl (C=O) groups is 2. The first-order chi connectivity index (χ1) is 21.3. The van der Waals surface area contributed by atoms with Crippen molar-refractivity contribution >= 4 is 22.7 Å². The third kappa shape index (κ3) is 6.27. The van der Waals surface area contributed by atoms with E-state index in [4.69, 9.17) is 15.2 Å². The molecule has 5 rings (SSSR count). The standard InChI is InChI=1S/C31H31F4N5O5/c1-3-45-28-18(14-25(36)41)13-24(38-27(28)17-7-9-21(32)10-8-17)30(43,31(33,34)35)16-37-29(42)19-11-20-15-40(22-5-4-6-22)39-26(20)23(12-19)44-2/h7-13,15,22,43H,3-6,14,16H2,1-2H3,(H2,36,41)(H,37,42)/t30-/m0/s1. The Labute approximate surface area is 255 Å². The molecule has 0 aliphatic heterocycles. The second-order valence-corrected chi connectivity index (χ2v) is 10.8. The third-order valence-corrected chi connectivity index (χ3v) is 7.74. The van der Waals surface area contributed by atoms with E-state index in [1.165, 1.54) is 31.4 Å². The van der Waals surface area contributed by atoms with Crippen molar-refractivity contribution in [1.29, 1.82) is 0 Å².